The van der Waals surface area contributed by atoms with Crippen LogP contribution in [0.15, 0.2) is 29.6 Å². The standard InChI is InChI=1S/C9H10N6O2/c10-15-5-12-14-9(15)13-11-4-6-1-2-7(16)3-8(6)17/h1-5,16-17H,10H2,(H,13,14). The Kier molecular flexibility index (Phi) is 2.77. The molecular weight excluding hydrogens is 224 g/mol. The van der Waals surface area contributed by atoms with E-state index in [1.54, 1.807) is 0 Å². The molecule has 0 fully saturated rings. The van der Waals surface area contributed by atoms with Crippen molar-refractivity contribution in [2.24, 2.45) is 5.10 Å². The summed E-state index contributed by atoms with van der Waals surface area (Å²) in [6.45, 7) is 0. The van der Waals surface area contributed by atoms with Crippen molar-refractivity contribution in [1.82, 2.24) is 14.9 Å². The Labute approximate surface area is 96.0 Å². The molecule has 2 aromatic rings. The Bertz CT molecular complexity index is 550. The zero-order valence-corrected chi connectivity index (χ0v) is 8.65. The number of nitrogens with one attached hydrogen (secondary N) is 1. The molecule has 0 aliphatic heterocycles. The second-order valence-corrected chi connectivity index (χ2v) is 3.17. The van der Waals surface area contributed by atoms with Gasteiger partial charge in [-0.15, -0.1) is 10.2 Å². The van der Waals surface area contributed by atoms with Crippen LogP contribution in [0, 0.1) is 0 Å². The molecule has 0 radical (unpaired) electrons. The van der Waals surface area contributed by atoms with Crippen molar-refractivity contribution in [3.05, 3.63) is 30.1 Å². The first kappa shape index (κ1) is 10.7. The first-order chi connectivity index (χ1) is 8.16. The van der Waals surface area contributed by atoms with Crippen LogP contribution in [0.2, 0.25) is 0 Å². The smallest absolute Gasteiger partial charge is 0.263 e. The highest BCUT2D eigenvalue weighted by Gasteiger charge is 2.00. The quantitative estimate of drug-likeness (QED) is 0.333. The number of phenolic OH excluding ortho intramolecular Hbond substituents is 2. The molecule has 0 bridgehead atoms. The van der Waals surface area contributed by atoms with Gasteiger partial charge in [-0.1, -0.05) is 0 Å². The van der Waals surface area contributed by atoms with Gasteiger partial charge in [-0.05, 0) is 12.1 Å². The van der Waals surface area contributed by atoms with E-state index < -0.39 is 0 Å². The number of benzene rings is 1. The van der Waals surface area contributed by atoms with Crippen LogP contribution < -0.4 is 11.3 Å². The number of phenols is 2. The molecule has 0 saturated heterocycles. The number of rotatable bonds is 3. The maximum absolute atomic E-state index is 9.47. The Morgan fingerprint density at radius 3 is 2.88 bits per heavy atom. The van der Waals surface area contributed by atoms with Crippen LogP contribution in [0.1, 0.15) is 5.56 Å². The lowest BCUT2D eigenvalue weighted by molar-refractivity contribution is 0.450. The number of hydrogen-bond donors (Lipinski definition) is 4. The van der Waals surface area contributed by atoms with Crippen molar-refractivity contribution >= 4 is 12.2 Å². The zero-order valence-electron chi connectivity index (χ0n) is 8.65. The molecule has 0 aliphatic rings. The third-order valence-corrected chi connectivity index (χ3v) is 1.96. The summed E-state index contributed by atoms with van der Waals surface area (Å²) in [6, 6.07) is 4.17. The summed E-state index contributed by atoms with van der Waals surface area (Å²) in [7, 11) is 0. The van der Waals surface area contributed by atoms with E-state index in [9.17, 15) is 5.11 Å². The molecule has 1 aromatic heterocycles. The number of hydrogen-bond acceptors (Lipinski definition) is 7. The van der Waals surface area contributed by atoms with Crippen molar-refractivity contribution < 1.29 is 10.2 Å². The summed E-state index contributed by atoms with van der Waals surface area (Å²) in [4.78, 5) is 0. The third kappa shape index (κ3) is 2.43. The van der Waals surface area contributed by atoms with Gasteiger partial charge in [0.2, 0.25) is 0 Å². The summed E-state index contributed by atoms with van der Waals surface area (Å²) in [5.41, 5.74) is 2.99. The maximum Gasteiger partial charge on any atom is 0.263 e. The highest BCUT2D eigenvalue weighted by molar-refractivity contribution is 5.84. The molecule has 0 aliphatic carbocycles. The van der Waals surface area contributed by atoms with E-state index in [-0.39, 0.29) is 17.4 Å². The number of hydrazone groups is 1. The molecular formula is C9H10N6O2. The van der Waals surface area contributed by atoms with E-state index in [4.69, 9.17) is 10.9 Å². The lowest BCUT2D eigenvalue weighted by atomic mass is 10.2. The Hall–Kier alpha value is -2.77. The van der Waals surface area contributed by atoms with Gasteiger partial charge in [0, 0.05) is 11.6 Å². The summed E-state index contributed by atoms with van der Waals surface area (Å²) in [6.07, 6.45) is 2.68. The Morgan fingerprint density at radius 2 is 2.24 bits per heavy atom. The fourth-order valence-electron chi connectivity index (χ4n) is 1.12. The summed E-state index contributed by atoms with van der Waals surface area (Å²) >= 11 is 0. The Morgan fingerprint density at radius 1 is 1.41 bits per heavy atom. The normalized spacial score (nSPS) is 10.8. The van der Waals surface area contributed by atoms with E-state index in [1.165, 1.54) is 30.7 Å². The van der Waals surface area contributed by atoms with Gasteiger partial charge < -0.3 is 16.1 Å². The summed E-state index contributed by atoms with van der Waals surface area (Å²) in [5.74, 6) is 5.61. The minimum Gasteiger partial charge on any atom is -0.508 e. The van der Waals surface area contributed by atoms with Gasteiger partial charge in [-0.3, -0.25) is 0 Å². The van der Waals surface area contributed by atoms with Crippen molar-refractivity contribution in [3.63, 3.8) is 0 Å². The lowest BCUT2D eigenvalue weighted by Crippen LogP contribution is -2.10. The molecule has 0 amide bonds. The minimum atomic E-state index is -0.0789. The molecule has 0 spiro atoms. The van der Waals surface area contributed by atoms with Crippen molar-refractivity contribution in [2.75, 3.05) is 11.3 Å². The largest absolute Gasteiger partial charge is 0.508 e. The Balaban J connectivity index is 2.08. The summed E-state index contributed by atoms with van der Waals surface area (Å²) < 4.78 is 1.16. The van der Waals surface area contributed by atoms with Gasteiger partial charge >= 0.3 is 0 Å². The van der Waals surface area contributed by atoms with Crippen LogP contribution in [0.5, 0.6) is 11.5 Å². The van der Waals surface area contributed by atoms with Crippen LogP contribution in [0.3, 0.4) is 0 Å². The van der Waals surface area contributed by atoms with Crippen molar-refractivity contribution in [1.29, 1.82) is 0 Å². The monoisotopic (exact) mass is 234 g/mol. The zero-order chi connectivity index (χ0) is 12.3. The SMILES string of the molecule is Nn1cnnc1NN=Cc1ccc(O)cc1O. The molecule has 1 heterocycles. The maximum atomic E-state index is 9.47. The topological polar surface area (TPSA) is 122 Å². The van der Waals surface area contributed by atoms with Crippen LogP contribution in [-0.4, -0.2) is 31.3 Å². The first-order valence-electron chi connectivity index (χ1n) is 4.63. The number of nitrogens with zero attached hydrogens (tertiary/aromatic N) is 4. The van der Waals surface area contributed by atoms with E-state index in [0.29, 0.717) is 5.56 Å². The molecule has 0 atom stereocenters. The van der Waals surface area contributed by atoms with Crippen LogP contribution >= 0.6 is 0 Å². The fraction of sp³-hybridized carbons (Fsp3) is 0. The van der Waals surface area contributed by atoms with Gasteiger partial charge in [0.25, 0.3) is 5.95 Å². The highest BCUT2D eigenvalue weighted by Crippen LogP contribution is 2.20. The first-order valence-corrected chi connectivity index (χ1v) is 4.63. The molecule has 8 nitrogen and oxygen atoms in total. The molecule has 0 saturated carbocycles. The fourth-order valence-corrected chi connectivity index (χ4v) is 1.12. The third-order valence-electron chi connectivity index (χ3n) is 1.96. The number of aromatic hydroxyl groups is 2. The average molecular weight is 234 g/mol. The van der Waals surface area contributed by atoms with Gasteiger partial charge in [-0.2, -0.15) is 5.10 Å². The second-order valence-electron chi connectivity index (χ2n) is 3.17. The number of anilines is 1. The van der Waals surface area contributed by atoms with Crippen LogP contribution in [0.25, 0.3) is 0 Å². The predicted octanol–water partition coefficient (Wildman–Crippen LogP) is -0.151. The molecule has 88 valence electrons. The highest BCUT2D eigenvalue weighted by atomic mass is 16.3. The molecule has 1 aromatic carbocycles. The van der Waals surface area contributed by atoms with E-state index in [1.807, 2.05) is 0 Å². The number of aromatic nitrogens is 3. The molecule has 2 rings (SSSR count). The van der Waals surface area contributed by atoms with Crippen LogP contribution in [0.4, 0.5) is 5.95 Å². The second kappa shape index (κ2) is 4.39. The van der Waals surface area contributed by atoms with Crippen LogP contribution in [-0.2, 0) is 0 Å². The lowest BCUT2D eigenvalue weighted by Gasteiger charge is -2.00. The van der Waals surface area contributed by atoms with Gasteiger partial charge in [0.1, 0.15) is 17.8 Å². The number of nitrogens with two attached hydrogens (primary N) is 1. The molecule has 5 N–H and O–H groups in total. The van der Waals surface area contributed by atoms with E-state index >= 15 is 0 Å². The number of nitrogen functional groups attached to an aromatic ring is 1. The van der Waals surface area contributed by atoms with Gasteiger partial charge in [0.15, 0.2) is 0 Å². The van der Waals surface area contributed by atoms with E-state index in [2.05, 4.69) is 20.7 Å². The molecule has 0 unspecified atom stereocenters. The molecule has 8 heteroatoms. The van der Waals surface area contributed by atoms with Gasteiger partial charge in [0.05, 0.1) is 6.21 Å². The minimum absolute atomic E-state index is 0.0192. The van der Waals surface area contributed by atoms with E-state index in [0.717, 1.165) is 4.68 Å². The molecule has 17 heavy (non-hydrogen) atoms. The van der Waals surface area contributed by atoms with Gasteiger partial charge in [-0.25, -0.2) is 10.1 Å². The van der Waals surface area contributed by atoms with Crippen molar-refractivity contribution in [3.8, 4) is 11.5 Å². The predicted molar refractivity (Wildman–Crippen MR) is 61.2 cm³/mol. The van der Waals surface area contributed by atoms with Crippen molar-refractivity contribution in [2.45, 2.75) is 0 Å². The average Bonchev–Trinajstić information content (AvgIpc) is 2.68. The summed E-state index contributed by atoms with van der Waals surface area (Å²) in [5, 5.41) is 29.6.